The molecule has 0 aliphatic carbocycles. The van der Waals surface area contributed by atoms with E-state index in [4.69, 9.17) is 11.5 Å². The Kier molecular flexibility index (Phi) is 2.05. The molecule has 0 aromatic carbocycles. The van der Waals surface area contributed by atoms with Crippen LogP contribution in [-0.4, -0.2) is 4.98 Å². The summed E-state index contributed by atoms with van der Waals surface area (Å²) in [7, 11) is 0. The maximum atomic E-state index is 12.5. The molecule has 4 N–H and O–H groups in total. The van der Waals surface area contributed by atoms with E-state index >= 15 is 0 Å². The highest BCUT2D eigenvalue weighted by Gasteiger charge is 2.03. The number of nitrogen functional groups attached to an aromatic ring is 1. The van der Waals surface area contributed by atoms with E-state index in [1.807, 2.05) is 0 Å². The number of anilines is 1. The number of hydrogen-bond acceptors (Lipinski definition) is 3. The van der Waals surface area contributed by atoms with Crippen LogP contribution in [0, 0.1) is 5.95 Å². The van der Waals surface area contributed by atoms with E-state index < -0.39 is 5.95 Å². The third-order valence-electron chi connectivity index (χ3n) is 1.41. The Morgan fingerprint density at radius 2 is 2.27 bits per heavy atom. The summed E-state index contributed by atoms with van der Waals surface area (Å²) in [5, 5.41) is 0. The van der Waals surface area contributed by atoms with Crippen molar-refractivity contribution < 1.29 is 4.39 Å². The number of pyridine rings is 1. The van der Waals surface area contributed by atoms with E-state index in [-0.39, 0.29) is 11.7 Å². The summed E-state index contributed by atoms with van der Waals surface area (Å²) in [6, 6.07) is 1.33. The fraction of sp³-hybridized carbons (Fsp3) is 0.286. The fourth-order valence-corrected chi connectivity index (χ4v) is 0.731. The van der Waals surface area contributed by atoms with Crippen molar-refractivity contribution in [1.29, 1.82) is 0 Å². The van der Waals surface area contributed by atoms with Crippen LogP contribution in [0.5, 0.6) is 0 Å². The molecule has 0 amide bonds. The number of halogens is 1. The Bertz CT molecular complexity index is 260. The molecule has 11 heavy (non-hydrogen) atoms. The molecular weight excluding hydrogens is 145 g/mol. The van der Waals surface area contributed by atoms with Crippen LogP contribution >= 0.6 is 0 Å². The van der Waals surface area contributed by atoms with E-state index in [1.54, 1.807) is 6.92 Å². The first kappa shape index (κ1) is 7.94. The van der Waals surface area contributed by atoms with Gasteiger partial charge in [0.2, 0.25) is 5.95 Å². The first-order chi connectivity index (χ1) is 5.11. The standard InChI is InChI=1S/C7H10FN3/c1-4(9)5-2-6(10)7(8)11-3-5/h2-4H,9-10H2,1H3/t4-/m0/s1. The van der Waals surface area contributed by atoms with Crippen LogP contribution in [0.4, 0.5) is 10.1 Å². The Labute approximate surface area is 64.2 Å². The summed E-state index contributed by atoms with van der Waals surface area (Å²) in [6.07, 6.45) is 1.39. The molecule has 0 aliphatic rings. The van der Waals surface area contributed by atoms with Crippen molar-refractivity contribution in [3.05, 3.63) is 23.8 Å². The number of hydrogen-bond donors (Lipinski definition) is 2. The number of aromatic nitrogens is 1. The van der Waals surface area contributed by atoms with Crippen LogP contribution in [0.25, 0.3) is 0 Å². The SMILES string of the molecule is C[C@H](N)c1cnc(F)c(N)c1. The largest absolute Gasteiger partial charge is 0.395 e. The van der Waals surface area contributed by atoms with Crippen molar-refractivity contribution in [2.24, 2.45) is 5.73 Å². The predicted octanol–water partition coefficient (Wildman–Crippen LogP) is 0.823. The smallest absolute Gasteiger partial charge is 0.236 e. The summed E-state index contributed by atoms with van der Waals surface area (Å²) in [5.74, 6) is -0.644. The molecule has 0 saturated heterocycles. The van der Waals surface area contributed by atoms with Gasteiger partial charge in [0.1, 0.15) is 0 Å². The zero-order valence-electron chi connectivity index (χ0n) is 6.21. The fourth-order valence-electron chi connectivity index (χ4n) is 0.731. The zero-order chi connectivity index (χ0) is 8.43. The Morgan fingerprint density at radius 3 is 2.73 bits per heavy atom. The van der Waals surface area contributed by atoms with Gasteiger partial charge in [0.15, 0.2) is 0 Å². The molecule has 1 aromatic rings. The van der Waals surface area contributed by atoms with E-state index in [2.05, 4.69) is 4.98 Å². The van der Waals surface area contributed by atoms with Crippen molar-refractivity contribution in [2.45, 2.75) is 13.0 Å². The Balaban J connectivity index is 3.05. The highest BCUT2D eigenvalue weighted by Crippen LogP contribution is 2.13. The van der Waals surface area contributed by atoms with Crippen LogP contribution in [0.2, 0.25) is 0 Å². The monoisotopic (exact) mass is 155 g/mol. The molecule has 3 nitrogen and oxygen atoms in total. The second-order valence-electron chi connectivity index (χ2n) is 2.44. The number of nitrogens with two attached hydrogens (primary N) is 2. The van der Waals surface area contributed by atoms with Crippen LogP contribution < -0.4 is 11.5 Å². The van der Waals surface area contributed by atoms with Gasteiger partial charge in [0.05, 0.1) is 5.69 Å². The molecule has 0 unspecified atom stereocenters. The first-order valence-electron chi connectivity index (χ1n) is 3.27. The lowest BCUT2D eigenvalue weighted by Crippen LogP contribution is -2.07. The Morgan fingerprint density at radius 1 is 1.64 bits per heavy atom. The van der Waals surface area contributed by atoms with Crippen molar-refractivity contribution >= 4 is 5.69 Å². The molecule has 0 bridgehead atoms. The molecule has 1 atom stereocenters. The summed E-state index contributed by atoms with van der Waals surface area (Å²) in [5.41, 5.74) is 11.6. The average molecular weight is 155 g/mol. The van der Waals surface area contributed by atoms with E-state index in [0.29, 0.717) is 0 Å². The molecule has 0 spiro atoms. The third kappa shape index (κ3) is 1.65. The molecule has 4 heteroatoms. The second kappa shape index (κ2) is 2.84. The summed E-state index contributed by atoms with van der Waals surface area (Å²) >= 11 is 0. The molecular formula is C7H10FN3. The summed E-state index contributed by atoms with van der Waals surface area (Å²) < 4.78 is 12.5. The molecule has 60 valence electrons. The lowest BCUT2D eigenvalue weighted by molar-refractivity contribution is 0.586. The number of rotatable bonds is 1. The minimum Gasteiger partial charge on any atom is -0.395 e. The maximum absolute atomic E-state index is 12.5. The molecule has 0 radical (unpaired) electrons. The van der Waals surface area contributed by atoms with E-state index in [9.17, 15) is 4.39 Å². The molecule has 1 rings (SSSR count). The maximum Gasteiger partial charge on any atom is 0.236 e. The minimum atomic E-state index is -0.644. The molecule has 0 fully saturated rings. The molecule has 1 heterocycles. The van der Waals surface area contributed by atoms with Gasteiger partial charge in [-0.15, -0.1) is 0 Å². The minimum absolute atomic E-state index is 0.0415. The Hall–Kier alpha value is -1.16. The lowest BCUT2D eigenvalue weighted by atomic mass is 10.1. The van der Waals surface area contributed by atoms with Crippen molar-refractivity contribution in [3.8, 4) is 0 Å². The zero-order valence-corrected chi connectivity index (χ0v) is 6.21. The molecule has 0 aliphatic heterocycles. The van der Waals surface area contributed by atoms with Gasteiger partial charge in [-0.2, -0.15) is 4.39 Å². The van der Waals surface area contributed by atoms with Gasteiger partial charge < -0.3 is 11.5 Å². The predicted molar refractivity (Wildman–Crippen MR) is 41.2 cm³/mol. The second-order valence-corrected chi connectivity index (χ2v) is 2.44. The summed E-state index contributed by atoms with van der Waals surface area (Å²) in [6.45, 7) is 1.79. The van der Waals surface area contributed by atoms with Gasteiger partial charge in [-0.1, -0.05) is 0 Å². The van der Waals surface area contributed by atoms with Crippen molar-refractivity contribution in [1.82, 2.24) is 4.98 Å². The molecule has 0 saturated carbocycles. The first-order valence-corrected chi connectivity index (χ1v) is 3.27. The lowest BCUT2D eigenvalue weighted by Gasteiger charge is -2.04. The van der Waals surface area contributed by atoms with Gasteiger partial charge in [-0.25, -0.2) is 4.98 Å². The quantitative estimate of drug-likeness (QED) is 0.590. The van der Waals surface area contributed by atoms with Gasteiger partial charge >= 0.3 is 0 Å². The van der Waals surface area contributed by atoms with E-state index in [1.165, 1.54) is 12.3 Å². The average Bonchev–Trinajstić information content (AvgIpc) is 1.94. The van der Waals surface area contributed by atoms with Crippen LogP contribution in [0.1, 0.15) is 18.5 Å². The van der Waals surface area contributed by atoms with Gasteiger partial charge in [-0.05, 0) is 18.6 Å². The van der Waals surface area contributed by atoms with E-state index in [0.717, 1.165) is 5.56 Å². The van der Waals surface area contributed by atoms with Crippen LogP contribution in [0.15, 0.2) is 12.3 Å². The third-order valence-corrected chi connectivity index (χ3v) is 1.41. The van der Waals surface area contributed by atoms with Gasteiger partial charge in [0, 0.05) is 12.2 Å². The van der Waals surface area contributed by atoms with Gasteiger partial charge in [-0.3, -0.25) is 0 Å². The molecule has 1 aromatic heterocycles. The van der Waals surface area contributed by atoms with Gasteiger partial charge in [0.25, 0.3) is 0 Å². The van der Waals surface area contributed by atoms with Crippen molar-refractivity contribution in [2.75, 3.05) is 5.73 Å². The normalized spacial score (nSPS) is 13.0. The van der Waals surface area contributed by atoms with Crippen LogP contribution in [0.3, 0.4) is 0 Å². The summed E-state index contributed by atoms with van der Waals surface area (Å²) in [4.78, 5) is 3.43. The highest BCUT2D eigenvalue weighted by atomic mass is 19.1. The highest BCUT2D eigenvalue weighted by molar-refractivity contribution is 5.39. The van der Waals surface area contributed by atoms with Crippen LogP contribution in [-0.2, 0) is 0 Å². The topological polar surface area (TPSA) is 64.9 Å². The number of nitrogens with zero attached hydrogens (tertiary/aromatic N) is 1. The van der Waals surface area contributed by atoms with Crippen molar-refractivity contribution in [3.63, 3.8) is 0 Å².